The Hall–Kier alpha value is -3.67. The molecular formula is C17H18N4O5. The summed E-state index contributed by atoms with van der Waals surface area (Å²) >= 11 is 0. The number of nitrogens with one attached hydrogen (secondary N) is 1. The molecule has 0 aliphatic carbocycles. The van der Waals surface area contributed by atoms with E-state index < -0.39 is 12.1 Å². The molecule has 9 nitrogen and oxygen atoms in total. The summed E-state index contributed by atoms with van der Waals surface area (Å²) < 4.78 is 16.3. The van der Waals surface area contributed by atoms with Gasteiger partial charge in [0.2, 0.25) is 0 Å². The van der Waals surface area contributed by atoms with Crippen molar-refractivity contribution in [3.05, 3.63) is 35.7 Å². The van der Waals surface area contributed by atoms with E-state index in [1.807, 2.05) is 6.07 Å². The van der Waals surface area contributed by atoms with E-state index in [2.05, 4.69) is 5.32 Å². The van der Waals surface area contributed by atoms with Crippen molar-refractivity contribution in [2.24, 2.45) is 0 Å². The molecule has 0 spiro atoms. The van der Waals surface area contributed by atoms with Crippen LogP contribution in [-0.4, -0.2) is 37.5 Å². The summed E-state index contributed by atoms with van der Waals surface area (Å²) in [4.78, 5) is 23.7. The van der Waals surface area contributed by atoms with Gasteiger partial charge in [-0.3, -0.25) is 5.32 Å². The third kappa shape index (κ3) is 3.54. The Morgan fingerprint density at radius 3 is 2.65 bits per heavy atom. The standard InChI is InChI=1S/C17H18N4O5/c1-4-26-17(23)20-12-6-5-11(7-13(12)24-2)21-9-10(8-18)14(19)15(21)16(22)25-3/h5-7,9H,4,19H2,1-3H3,(H,20,23). The molecule has 0 aliphatic rings. The fourth-order valence-corrected chi connectivity index (χ4v) is 2.33. The van der Waals surface area contributed by atoms with Gasteiger partial charge in [-0.05, 0) is 19.1 Å². The molecule has 136 valence electrons. The number of nitrogen functional groups attached to an aromatic ring is 1. The second kappa shape index (κ2) is 7.94. The number of amides is 1. The lowest BCUT2D eigenvalue weighted by molar-refractivity contribution is 0.0593. The van der Waals surface area contributed by atoms with Gasteiger partial charge in [0.05, 0.1) is 37.8 Å². The van der Waals surface area contributed by atoms with E-state index in [4.69, 9.17) is 19.9 Å². The number of esters is 1. The lowest BCUT2D eigenvalue weighted by Crippen LogP contribution is -2.14. The van der Waals surface area contributed by atoms with Gasteiger partial charge in [-0.15, -0.1) is 0 Å². The smallest absolute Gasteiger partial charge is 0.411 e. The van der Waals surface area contributed by atoms with Gasteiger partial charge in [0.1, 0.15) is 11.8 Å². The van der Waals surface area contributed by atoms with Crippen LogP contribution in [0, 0.1) is 11.3 Å². The molecule has 0 fully saturated rings. The first-order valence-electron chi connectivity index (χ1n) is 7.58. The maximum Gasteiger partial charge on any atom is 0.411 e. The first-order valence-corrected chi connectivity index (χ1v) is 7.58. The first-order chi connectivity index (χ1) is 12.5. The molecule has 9 heteroatoms. The molecule has 1 aromatic heterocycles. The molecule has 0 saturated heterocycles. The van der Waals surface area contributed by atoms with Gasteiger partial charge in [-0.2, -0.15) is 5.26 Å². The summed E-state index contributed by atoms with van der Waals surface area (Å²) in [6, 6.07) is 6.70. The minimum absolute atomic E-state index is 0.0204. The topological polar surface area (TPSA) is 129 Å². The largest absolute Gasteiger partial charge is 0.494 e. The molecule has 0 bridgehead atoms. The van der Waals surface area contributed by atoms with E-state index in [1.54, 1.807) is 25.1 Å². The number of aromatic nitrogens is 1. The summed E-state index contributed by atoms with van der Waals surface area (Å²) in [6.45, 7) is 1.92. The number of rotatable bonds is 5. The van der Waals surface area contributed by atoms with Gasteiger partial charge >= 0.3 is 12.1 Å². The lowest BCUT2D eigenvalue weighted by atomic mass is 10.2. The monoisotopic (exact) mass is 358 g/mol. The number of nitriles is 1. The molecule has 0 atom stereocenters. The second-order valence-corrected chi connectivity index (χ2v) is 5.01. The number of hydrogen-bond donors (Lipinski definition) is 2. The Labute approximate surface area is 149 Å². The zero-order valence-electron chi connectivity index (χ0n) is 14.5. The number of anilines is 2. The van der Waals surface area contributed by atoms with E-state index in [9.17, 15) is 14.9 Å². The number of nitrogens with two attached hydrogens (primary N) is 1. The van der Waals surface area contributed by atoms with Crippen LogP contribution >= 0.6 is 0 Å². The highest BCUT2D eigenvalue weighted by Crippen LogP contribution is 2.31. The third-order valence-electron chi connectivity index (χ3n) is 3.52. The molecular weight excluding hydrogens is 340 g/mol. The van der Waals surface area contributed by atoms with E-state index in [1.165, 1.54) is 25.0 Å². The van der Waals surface area contributed by atoms with Crippen molar-refractivity contribution >= 4 is 23.4 Å². The zero-order valence-corrected chi connectivity index (χ0v) is 14.5. The molecule has 0 unspecified atom stereocenters. The van der Waals surface area contributed by atoms with Crippen LogP contribution < -0.4 is 15.8 Å². The lowest BCUT2D eigenvalue weighted by Gasteiger charge is -2.13. The summed E-state index contributed by atoms with van der Waals surface area (Å²) in [5, 5.41) is 11.7. The van der Waals surface area contributed by atoms with E-state index >= 15 is 0 Å². The van der Waals surface area contributed by atoms with Crippen molar-refractivity contribution in [2.75, 3.05) is 31.9 Å². The number of carbonyl (C=O) groups excluding carboxylic acids is 2. The molecule has 1 aromatic carbocycles. The minimum Gasteiger partial charge on any atom is -0.494 e. The fourth-order valence-electron chi connectivity index (χ4n) is 2.33. The molecule has 26 heavy (non-hydrogen) atoms. The van der Waals surface area contributed by atoms with Crippen LogP contribution in [0.5, 0.6) is 5.75 Å². The van der Waals surface area contributed by atoms with Crippen molar-refractivity contribution in [2.45, 2.75) is 6.92 Å². The number of nitrogens with zero attached hydrogens (tertiary/aromatic N) is 2. The van der Waals surface area contributed by atoms with Crippen molar-refractivity contribution in [1.82, 2.24) is 4.57 Å². The van der Waals surface area contributed by atoms with Crippen LogP contribution in [0.25, 0.3) is 5.69 Å². The van der Waals surface area contributed by atoms with Crippen LogP contribution in [-0.2, 0) is 9.47 Å². The Morgan fingerprint density at radius 1 is 1.35 bits per heavy atom. The van der Waals surface area contributed by atoms with E-state index in [0.29, 0.717) is 17.1 Å². The van der Waals surface area contributed by atoms with Crippen molar-refractivity contribution in [3.63, 3.8) is 0 Å². The molecule has 1 amide bonds. The fraction of sp³-hybridized carbons (Fsp3) is 0.235. The van der Waals surface area contributed by atoms with Gasteiger partial charge < -0.3 is 24.5 Å². The van der Waals surface area contributed by atoms with Crippen LogP contribution in [0.1, 0.15) is 23.0 Å². The molecule has 2 aromatic rings. The summed E-state index contributed by atoms with van der Waals surface area (Å²) in [6.07, 6.45) is 0.806. The van der Waals surface area contributed by atoms with Crippen LogP contribution in [0.3, 0.4) is 0 Å². The zero-order chi connectivity index (χ0) is 19.3. The van der Waals surface area contributed by atoms with Crippen molar-refractivity contribution in [1.29, 1.82) is 5.26 Å². The average Bonchev–Trinajstić information content (AvgIpc) is 2.98. The van der Waals surface area contributed by atoms with E-state index in [-0.39, 0.29) is 23.6 Å². The molecule has 0 radical (unpaired) electrons. The van der Waals surface area contributed by atoms with Gasteiger partial charge in [0.25, 0.3) is 0 Å². The van der Waals surface area contributed by atoms with Gasteiger partial charge in [0, 0.05) is 18.0 Å². The number of ether oxygens (including phenoxy) is 3. The number of methoxy groups -OCH3 is 2. The van der Waals surface area contributed by atoms with Gasteiger partial charge in [-0.25, -0.2) is 9.59 Å². The second-order valence-electron chi connectivity index (χ2n) is 5.01. The van der Waals surface area contributed by atoms with Crippen LogP contribution in [0.15, 0.2) is 24.4 Å². The SMILES string of the molecule is CCOC(=O)Nc1ccc(-n2cc(C#N)c(N)c2C(=O)OC)cc1OC. The molecule has 2 rings (SSSR count). The highest BCUT2D eigenvalue weighted by atomic mass is 16.5. The molecule has 0 saturated carbocycles. The normalized spacial score (nSPS) is 9.92. The minimum atomic E-state index is -0.684. The Morgan fingerprint density at radius 2 is 2.08 bits per heavy atom. The molecule has 0 aliphatic heterocycles. The summed E-state index contributed by atoms with van der Waals surface area (Å²) in [7, 11) is 2.65. The Balaban J connectivity index is 2.52. The Kier molecular flexibility index (Phi) is 5.70. The average molecular weight is 358 g/mol. The Bertz CT molecular complexity index is 882. The summed E-state index contributed by atoms with van der Waals surface area (Å²) in [5.74, 6) is -0.353. The van der Waals surface area contributed by atoms with Crippen molar-refractivity contribution < 1.29 is 23.8 Å². The third-order valence-corrected chi connectivity index (χ3v) is 3.52. The van der Waals surface area contributed by atoms with Crippen LogP contribution in [0.2, 0.25) is 0 Å². The van der Waals surface area contributed by atoms with Gasteiger partial charge in [-0.1, -0.05) is 0 Å². The number of carbonyl (C=O) groups is 2. The predicted molar refractivity (Wildman–Crippen MR) is 93.4 cm³/mol. The molecule has 1 heterocycles. The van der Waals surface area contributed by atoms with E-state index in [0.717, 1.165) is 0 Å². The molecule has 3 N–H and O–H groups in total. The highest BCUT2D eigenvalue weighted by Gasteiger charge is 2.22. The predicted octanol–water partition coefficient (Wildman–Crippen LogP) is 2.29. The van der Waals surface area contributed by atoms with Gasteiger partial charge in [0.15, 0.2) is 5.69 Å². The maximum absolute atomic E-state index is 12.1. The number of hydrogen-bond acceptors (Lipinski definition) is 7. The quantitative estimate of drug-likeness (QED) is 0.785. The van der Waals surface area contributed by atoms with Crippen LogP contribution in [0.4, 0.5) is 16.2 Å². The maximum atomic E-state index is 12.1. The summed E-state index contributed by atoms with van der Waals surface area (Å²) in [5.41, 5.74) is 6.94. The first kappa shape index (κ1) is 18.7. The highest BCUT2D eigenvalue weighted by molar-refractivity contribution is 5.96. The number of benzene rings is 1. The van der Waals surface area contributed by atoms with Crippen molar-refractivity contribution in [3.8, 4) is 17.5 Å².